The van der Waals surface area contributed by atoms with Crippen molar-refractivity contribution in [2.24, 2.45) is 5.73 Å². The number of aliphatic carboxylic acids is 1. The lowest BCUT2D eigenvalue weighted by Gasteiger charge is -2.21. The van der Waals surface area contributed by atoms with Gasteiger partial charge in [-0.05, 0) is 27.2 Å². The molecule has 0 saturated carbocycles. The molecule has 9 nitrogen and oxygen atoms in total. The van der Waals surface area contributed by atoms with Gasteiger partial charge in [0.15, 0.2) is 0 Å². The molecule has 0 bridgehead atoms. The van der Waals surface area contributed by atoms with E-state index in [-0.39, 0.29) is 19.4 Å². The Hall–Kier alpha value is -2.32. The molecule has 0 spiro atoms. The first-order chi connectivity index (χ1) is 9.51. The lowest BCUT2D eigenvalue weighted by molar-refractivity contribution is -0.139. The third kappa shape index (κ3) is 10.2. The quantitative estimate of drug-likeness (QED) is 0.405. The van der Waals surface area contributed by atoms with E-state index in [1.54, 1.807) is 20.8 Å². The molecule has 0 fully saturated rings. The first-order valence-electron chi connectivity index (χ1n) is 6.38. The normalized spacial score (nSPS) is 12.1. The highest BCUT2D eigenvalue weighted by atomic mass is 16.4. The molecule has 0 saturated heterocycles. The van der Waals surface area contributed by atoms with Crippen molar-refractivity contribution in [3.8, 4) is 0 Å². The van der Waals surface area contributed by atoms with Crippen molar-refractivity contribution in [3.63, 3.8) is 0 Å². The van der Waals surface area contributed by atoms with E-state index in [0.29, 0.717) is 0 Å². The maximum atomic E-state index is 11.5. The molecule has 0 radical (unpaired) electrons. The highest BCUT2D eigenvalue weighted by molar-refractivity contribution is 5.87. The number of amides is 4. The molecule has 0 unspecified atom stereocenters. The molecule has 0 aliphatic carbocycles. The highest BCUT2D eigenvalue weighted by Gasteiger charge is 2.21. The summed E-state index contributed by atoms with van der Waals surface area (Å²) >= 11 is 0. The summed E-state index contributed by atoms with van der Waals surface area (Å²) in [7, 11) is 0. The second-order valence-electron chi connectivity index (χ2n) is 5.52. The van der Waals surface area contributed by atoms with Crippen LogP contribution in [0.25, 0.3) is 0 Å². The summed E-state index contributed by atoms with van der Waals surface area (Å²) in [4.78, 5) is 44.5. The van der Waals surface area contributed by atoms with Crippen LogP contribution in [0.2, 0.25) is 0 Å². The molecule has 0 aromatic heterocycles. The summed E-state index contributed by atoms with van der Waals surface area (Å²) < 4.78 is 0. The maximum absolute atomic E-state index is 11.5. The van der Waals surface area contributed by atoms with Gasteiger partial charge in [-0.2, -0.15) is 0 Å². The van der Waals surface area contributed by atoms with Crippen LogP contribution in [0.3, 0.4) is 0 Å². The van der Waals surface area contributed by atoms with Crippen molar-refractivity contribution in [1.29, 1.82) is 0 Å². The summed E-state index contributed by atoms with van der Waals surface area (Å²) in [5.41, 5.74) is 4.49. The van der Waals surface area contributed by atoms with Gasteiger partial charge >= 0.3 is 12.0 Å². The zero-order chi connectivity index (χ0) is 16.6. The molecule has 9 heteroatoms. The molecular weight excluding hydrogens is 280 g/mol. The predicted molar refractivity (Wildman–Crippen MR) is 74.3 cm³/mol. The summed E-state index contributed by atoms with van der Waals surface area (Å²) in [6.07, 6.45) is -0.284. The van der Waals surface area contributed by atoms with Gasteiger partial charge in [0.1, 0.15) is 6.04 Å². The predicted octanol–water partition coefficient (Wildman–Crippen LogP) is -1.08. The summed E-state index contributed by atoms with van der Waals surface area (Å²) in [5, 5.41) is 15.9. The zero-order valence-corrected chi connectivity index (χ0v) is 12.4. The third-order valence-corrected chi connectivity index (χ3v) is 2.21. The van der Waals surface area contributed by atoms with E-state index in [2.05, 4.69) is 16.0 Å². The van der Waals surface area contributed by atoms with Gasteiger partial charge in [-0.15, -0.1) is 0 Å². The fourth-order valence-corrected chi connectivity index (χ4v) is 1.38. The number of carboxylic acid groups (broad SMARTS) is 1. The van der Waals surface area contributed by atoms with Crippen LogP contribution < -0.4 is 21.7 Å². The highest BCUT2D eigenvalue weighted by Crippen LogP contribution is 1.98. The molecule has 1 atom stereocenters. The Kier molecular flexibility index (Phi) is 7.18. The molecule has 120 valence electrons. The Balaban J connectivity index is 4.23. The summed E-state index contributed by atoms with van der Waals surface area (Å²) in [5.74, 6) is -2.35. The Bertz CT molecular complexity index is 416. The van der Waals surface area contributed by atoms with Crippen LogP contribution >= 0.6 is 0 Å². The smallest absolute Gasteiger partial charge is 0.326 e. The first-order valence-corrected chi connectivity index (χ1v) is 6.38. The fraction of sp³-hybridized carbons (Fsp3) is 0.667. The number of hydrogen-bond acceptors (Lipinski definition) is 4. The molecule has 0 aliphatic rings. The van der Waals surface area contributed by atoms with Crippen molar-refractivity contribution >= 4 is 23.8 Å². The lowest BCUT2D eigenvalue weighted by atomic mass is 10.1. The van der Waals surface area contributed by atoms with Gasteiger partial charge in [-0.3, -0.25) is 9.59 Å². The van der Waals surface area contributed by atoms with Crippen LogP contribution in [-0.2, 0) is 14.4 Å². The standard InChI is InChI=1S/C12H22N4O5/c1-12(2,3)16-9(18)6-14-11(21)15-7(10(19)20)4-5-8(13)17/h7H,4-6H2,1-3H3,(H2,13,17)(H,16,18)(H,19,20)(H2,14,15,21)/t7-/m1/s1. The number of hydrogen-bond donors (Lipinski definition) is 5. The van der Waals surface area contributed by atoms with Gasteiger partial charge in [0, 0.05) is 12.0 Å². The SMILES string of the molecule is CC(C)(C)NC(=O)CNC(=O)N[C@H](CCC(N)=O)C(=O)O. The number of primary amides is 1. The largest absolute Gasteiger partial charge is 0.480 e. The minimum absolute atomic E-state index is 0.119. The molecule has 6 N–H and O–H groups in total. The average molecular weight is 302 g/mol. The molecule has 0 aromatic carbocycles. The van der Waals surface area contributed by atoms with E-state index in [9.17, 15) is 19.2 Å². The number of nitrogens with two attached hydrogens (primary N) is 1. The van der Waals surface area contributed by atoms with Crippen molar-refractivity contribution in [3.05, 3.63) is 0 Å². The van der Waals surface area contributed by atoms with Crippen LogP contribution in [0.1, 0.15) is 33.6 Å². The van der Waals surface area contributed by atoms with Gasteiger partial charge in [-0.1, -0.05) is 0 Å². The third-order valence-electron chi connectivity index (χ3n) is 2.21. The van der Waals surface area contributed by atoms with Crippen molar-refractivity contribution in [2.45, 2.75) is 45.2 Å². The maximum Gasteiger partial charge on any atom is 0.326 e. The van der Waals surface area contributed by atoms with Crippen molar-refractivity contribution in [2.75, 3.05) is 6.54 Å². The summed E-state index contributed by atoms with van der Waals surface area (Å²) in [6, 6.07) is -2.06. The van der Waals surface area contributed by atoms with Crippen LogP contribution in [0.15, 0.2) is 0 Å². The minimum Gasteiger partial charge on any atom is -0.480 e. The Morgan fingerprint density at radius 1 is 1.19 bits per heavy atom. The number of carbonyl (C=O) groups is 4. The topological polar surface area (TPSA) is 151 Å². The molecule has 21 heavy (non-hydrogen) atoms. The zero-order valence-electron chi connectivity index (χ0n) is 12.4. The van der Waals surface area contributed by atoms with Gasteiger partial charge in [0.2, 0.25) is 11.8 Å². The lowest BCUT2D eigenvalue weighted by Crippen LogP contribution is -2.50. The van der Waals surface area contributed by atoms with Crippen LogP contribution in [0.4, 0.5) is 4.79 Å². The summed E-state index contributed by atoms with van der Waals surface area (Å²) in [6.45, 7) is 5.07. The van der Waals surface area contributed by atoms with Gasteiger partial charge in [0.25, 0.3) is 0 Å². The van der Waals surface area contributed by atoms with E-state index in [1.807, 2.05) is 0 Å². The fourth-order valence-electron chi connectivity index (χ4n) is 1.38. The second-order valence-corrected chi connectivity index (χ2v) is 5.52. The molecular formula is C12H22N4O5. The van der Waals surface area contributed by atoms with Crippen LogP contribution in [0.5, 0.6) is 0 Å². The minimum atomic E-state index is -1.29. The number of nitrogens with one attached hydrogen (secondary N) is 3. The second kappa shape index (κ2) is 8.08. The van der Waals surface area contributed by atoms with Gasteiger partial charge in [-0.25, -0.2) is 9.59 Å². The van der Waals surface area contributed by atoms with E-state index in [1.165, 1.54) is 0 Å². The molecule has 0 aromatic rings. The number of carbonyl (C=O) groups excluding carboxylic acids is 3. The van der Waals surface area contributed by atoms with E-state index < -0.39 is 35.4 Å². The number of rotatable bonds is 7. The Morgan fingerprint density at radius 2 is 1.76 bits per heavy atom. The number of carboxylic acids is 1. The van der Waals surface area contributed by atoms with Gasteiger partial charge in [0.05, 0.1) is 6.54 Å². The van der Waals surface area contributed by atoms with Gasteiger partial charge < -0.3 is 26.8 Å². The Labute approximate surface area is 122 Å². The molecule has 0 rings (SSSR count). The Morgan fingerprint density at radius 3 is 2.19 bits per heavy atom. The van der Waals surface area contributed by atoms with E-state index in [0.717, 1.165) is 0 Å². The molecule has 0 heterocycles. The van der Waals surface area contributed by atoms with Crippen molar-refractivity contribution < 1.29 is 24.3 Å². The van der Waals surface area contributed by atoms with Crippen LogP contribution in [-0.4, -0.2) is 47.0 Å². The van der Waals surface area contributed by atoms with E-state index >= 15 is 0 Å². The first kappa shape index (κ1) is 18.7. The van der Waals surface area contributed by atoms with E-state index in [4.69, 9.17) is 10.8 Å². The molecule has 0 aliphatic heterocycles. The average Bonchev–Trinajstić information content (AvgIpc) is 2.29. The van der Waals surface area contributed by atoms with Crippen LogP contribution in [0, 0.1) is 0 Å². The monoisotopic (exact) mass is 302 g/mol. The number of urea groups is 1. The molecule has 4 amide bonds. The van der Waals surface area contributed by atoms with Crippen molar-refractivity contribution in [1.82, 2.24) is 16.0 Å².